The smallest absolute Gasteiger partial charge is 0.262 e. The number of rotatable bonds is 10. The van der Waals surface area contributed by atoms with Gasteiger partial charge in [0.15, 0.2) is 5.03 Å². The van der Waals surface area contributed by atoms with E-state index in [1.165, 1.54) is 15.1 Å². The molecule has 31 heavy (non-hydrogen) atoms. The van der Waals surface area contributed by atoms with Crippen LogP contribution in [0.4, 0.5) is 0 Å². The van der Waals surface area contributed by atoms with Gasteiger partial charge in [0.1, 0.15) is 11.5 Å². The Morgan fingerprint density at radius 1 is 0.935 bits per heavy atom. The lowest BCUT2D eigenvalue weighted by molar-refractivity contribution is 0.296. The van der Waals surface area contributed by atoms with Gasteiger partial charge in [0.25, 0.3) is 10.0 Å². The second-order valence-corrected chi connectivity index (χ2v) is 8.93. The molecular formula is C22H27N3O5S. The molecule has 1 aromatic heterocycles. The zero-order valence-corrected chi connectivity index (χ0v) is 18.7. The minimum atomic E-state index is -3.89. The Hall–Kier alpha value is -2.88. The zero-order chi connectivity index (χ0) is 22.4. The molecule has 0 saturated carbocycles. The number of hydrogen-bond acceptors (Lipinski definition) is 6. The van der Waals surface area contributed by atoms with E-state index in [1.807, 2.05) is 24.3 Å². The number of aliphatic hydroxyl groups is 1. The normalized spacial score (nSPS) is 11.6. The molecule has 2 aromatic carbocycles. The van der Waals surface area contributed by atoms with Crippen LogP contribution in [0.15, 0.2) is 59.6 Å². The highest BCUT2D eigenvalue weighted by atomic mass is 32.2. The van der Waals surface area contributed by atoms with Gasteiger partial charge in [0.2, 0.25) is 0 Å². The minimum Gasteiger partial charge on any atom is -0.497 e. The van der Waals surface area contributed by atoms with Crippen molar-refractivity contribution >= 4 is 10.0 Å². The van der Waals surface area contributed by atoms with Gasteiger partial charge in [-0.15, -0.1) is 0 Å². The Balaban J connectivity index is 1.95. The van der Waals surface area contributed by atoms with Gasteiger partial charge >= 0.3 is 0 Å². The van der Waals surface area contributed by atoms with Gasteiger partial charge < -0.3 is 14.6 Å². The minimum absolute atomic E-state index is 0.0412. The molecule has 3 aromatic rings. The standard InChI is InChI=1S/C22H27N3O5S/c1-24-19(12-13-26)14-22(23-24)31(27,28)25(15-17-4-8-20(29-2)9-5-17)16-18-6-10-21(30-3)11-7-18/h4-11,14,26H,12-13,15-16H2,1-3H3. The average molecular weight is 446 g/mol. The van der Waals surface area contributed by atoms with E-state index in [0.29, 0.717) is 23.6 Å². The van der Waals surface area contributed by atoms with Crippen LogP contribution in [-0.4, -0.2) is 48.4 Å². The van der Waals surface area contributed by atoms with E-state index in [2.05, 4.69) is 5.10 Å². The molecule has 1 heterocycles. The maximum Gasteiger partial charge on any atom is 0.262 e. The summed E-state index contributed by atoms with van der Waals surface area (Å²) < 4.78 is 40.2. The van der Waals surface area contributed by atoms with Crippen LogP contribution in [0.2, 0.25) is 0 Å². The summed E-state index contributed by atoms with van der Waals surface area (Å²) in [5, 5.41) is 13.4. The Bertz CT molecular complexity index is 1040. The number of hydrogen-bond donors (Lipinski definition) is 1. The first-order chi connectivity index (χ1) is 14.9. The first kappa shape index (κ1) is 22.8. The number of aromatic nitrogens is 2. The molecular weight excluding hydrogens is 418 g/mol. The Labute approximate surface area is 182 Å². The van der Waals surface area contributed by atoms with Gasteiger partial charge in [0, 0.05) is 38.9 Å². The highest BCUT2D eigenvalue weighted by Crippen LogP contribution is 2.23. The Morgan fingerprint density at radius 2 is 1.42 bits per heavy atom. The summed E-state index contributed by atoms with van der Waals surface area (Å²) in [6, 6.07) is 16.1. The van der Waals surface area contributed by atoms with Crippen LogP contribution in [0.5, 0.6) is 11.5 Å². The third kappa shape index (κ3) is 5.43. The third-order valence-electron chi connectivity index (χ3n) is 4.96. The summed E-state index contributed by atoms with van der Waals surface area (Å²) in [5.74, 6) is 1.40. The van der Waals surface area contributed by atoms with Crippen molar-refractivity contribution < 1.29 is 23.0 Å². The molecule has 0 aliphatic carbocycles. The molecule has 166 valence electrons. The number of methoxy groups -OCH3 is 2. The largest absolute Gasteiger partial charge is 0.497 e. The van der Waals surface area contributed by atoms with Crippen molar-refractivity contribution in [2.75, 3.05) is 20.8 Å². The summed E-state index contributed by atoms with van der Waals surface area (Å²) >= 11 is 0. The van der Waals surface area contributed by atoms with Crippen LogP contribution in [0.3, 0.4) is 0 Å². The first-order valence-corrected chi connectivity index (χ1v) is 11.2. The maximum atomic E-state index is 13.5. The average Bonchev–Trinajstić information content (AvgIpc) is 3.15. The second kappa shape index (κ2) is 9.95. The number of sulfonamides is 1. The van der Waals surface area contributed by atoms with Gasteiger partial charge in [-0.3, -0.25) is 4.68 Å². The van der Waals surface area contributed by atoms with Crippen molar-refractivity contribution in [3.8, 4) is 11.5 Å². The Morgan fingerprint density at radius 3 is 1.84 bits per heavy atom. The molecule has 8 nitrogen and oxygen atoms in total. The lowest BCUT2D eigenvalue weighted by atomic mass is 10.2. The van der Waals surface area contributed by atoms with Crippen molar-refractivity contribution in [3.63, 3.8) is 0 Å². The number of aryl methyl sites for hydroxylation is 1. The van der Waals surface area contributed by atoms with Crippen molar-refractivity contribution in [3.05, 3.63) is 71.4 Å². The molecule has 3 rings (SSSR count). The van der Waals surface area contributed by atoms with E-state index >= 15 is 0 Å². The molecule has 1 N–H and O–H groups in total. The van der Waals surface area contributed by atoms with Crippen LogP contribution >= 0.6 is 0 Å². The van der Waals surface area contributed by atoms with Crippen molar-refractivity contribution in [2.24, 2.45) is 7.05 Å². The highest BCUT2D eigenvalue weighted by molar-refractivity contribution is 7.89. The number of ether oxygens (including phenoxy) is 2. The molecule has 0 bridgehead atoms. The lowest BCUT2D eigenvalue weighted by Crippen LogP contribution is -2.30. The summed E-state index contributed by atoms with van der Waals surface area (Å²) in [5.41, 5.74) is 2.30. The summed E-state index contributed by atoms with van der Waals surface area (Å²) in [4.78, 5) is 0. The topological polar surface area (TPSA) is 93.9 Å². The molecule has 0 fully saturated rings. The molecule has 0 aliphatic rings. The van der Waals surface area contributed by atoms with Crippen LogP contribution in [-0.2, 0) is 36.6 Å². The molecule has 0 saturated heterocycles. The van der Waals surface area contributed by atoms with E-state index in [-0.39, 0.29) is 24.7 Å². The summed E-state index contributed by atoms with van der Waals surface area (Å²) in [6.45, 7) is 0.259. The van der Waals surface area contributed by atoms with Gasteiger partial charge in [0.05, 0.1) is 14.2 Å². The number of nitrogens with zero attached hydrogens (tertiary/aromatic N) is 3. The van der Waals surface area contributed by atoms with E-state index in [4.69, 9.17) is 9.47 Å². The summed E-state index contributed by atoms with van der Waals surface area (Å²) in [6.07, 6.45) is 0.329. The van der Waals surface area contributed by atoms with Crippen molar-refractivity contribution in [2.45, 2.75) is 24.5 Å². The first-order valence-electron chi connectivity index (χ1n) is 9.77. The molecule has 0 radical (unpaired) electrons. The van der Waals surface area contributed by atoms with Gasteiger partial charge in [-0.05, 0) is 41.5 Å². The zero-order valence-electron chi connectivity index (χ0n) is 17.9. The quantitative estimate of drug-likeness (QED) is 0.515. The third-order valence-corrected chi connectivity index (χ3v) is 6.63. The predicted molar refractivity (Wildman–Crippen MR) is 116 cm³/mol. The van der Waals surface area contributed by atoms with Crippen LogP contribution in [0, 0.1) is 0 Å². The van der Waals surface area contributed by atoms with E-state index in [9.17, 15) is 13.5 Å². The van der Waals surface area contributed by atoms with Crippen molar-refractivity contribution in [1.29, 1.82) is 0 Å². The number of benzene rings is 2. The molecule has 0 spiro atoms. The molecule has 0 amide bonds. The van der Waals surface area contributed by atoms with Gasteiger partial charge in [-0.25, -0.2) is 8.42 Å². The summed E-state index contributed by atoms with van der Waals surface area (Å²) in [7, 11) is 0.944. The van der Waals surface area contributed by atoms with Crippen LogP contribution < -0.4 is 9.47 Å². The van der Waals surface area contributed by atoms with Gasteiger partial charge in [-0.2, -0.15) is 9.40 Å². The lowest BCUT2D eigenvalue weighted by Gasteiger charge is -2.21. The predicted octanol–water partition coefficient (Wildman–Crippen LogP) is 2.36. The fourth-order valence-corrected chi connectivity index (χ4v) is 4.59. The number of aliphatic hydroxyl groups excluding tert-OH is 1. The molecule has 9 heteroatoms. The van der Waals surface area contributed by atoms with Crippen LogP contribution in [0.1, 0.15) is 16.8 Å². The highest BCUT2D eigenvalue weighted by Gasteiger charge is 2.28. The van der Waals surface area contributed by atoms with E-state index in [0.717, 1.165) is 11.1 Å². The Kier molecular flexibility index (Phi) is 7.32. The molecule has 0 unspecified atom stereocenters. The van der Waals surface area contributed by atoms with E-state index in [1.54, 1.807) is 45.5 Å². The fraction of sp³-hybridized carbons (Fsp3) is 0.318. The fourth-order valence-electron chi connectivity index (χ4n) is 3.18. The molecule has 0 aliphatic heterocycles. The van der Waals surface area contributed by atoms with Crippen molar-refractivity contribution in [1.82, 2.24) is 14.1 Å². The maximum absolute atomic E-state index is 13.5. The van der Waals surface area contributed by atoms with Crippen LogP contribution in [0.25, 0.3) is 0 Å². The van der Waals surface area contributed by atoms with Gasteiger partial charge in [-0.1, -0.05) is 24.3 Å². The monoisotopic (exact) mass is 445 g/mol. The SMILES string of the molecule is COc1ccc(CN(Cc2ccc(OC)cc2)S(=O)(=O)c2cc(CCO)n(C)n2)cc1. The van der Waals surface area contributed by atoms with E-state index < -0.39 is 10.0 Å². The second-order valence-electron chi connectivity index (χ2n) is 7.04. The molecule has 0 atom stereocenters.